The second-order valence-electron chi connectivity index (χ2n) is 6.92. The Hall–Kier alpha value is -1.26. The van der Waals surface area contributed by atoms with Crippen LogP contribution < -0.4 is 20.1 Å². The Kier molecular flexibility index (Phi) is 13.0. The monoisotopic (exact) mass is 520 g/mol. The lowest BCUT2D eigenvalue weighted by atomic mass is 10.1. The van der Waals surface area contributed by atoms with Crippen LogP contribution in [0.5, 0.6) is 11.5 Å². The maximum Gasteiger partial charge on any atom is 0.191 e. The van der Waals surface area contributed by atoms with Gasteiger partial charge in [-0.3, -0.25) is 4.99 Å². The van der Waals surface area contributed by atoms with Crippen molar-refractivity contribution in [1.29, 1.82) is 0 Å². The number of halogens is 1. The van der Waals surface area contributed by atoms with E-state index in [-0.39, 0.29) is 30.1 Å². The van der Waals surface area contributed by atoms with Gasteiger partial charge in [-0.1, -0.05) is 6.07 Å². The SMILES string of the molecule is CCNC(=NCC1CN(C)CCO1)NCCCc1ccc(OC)c(OCC)c1.I. The van der Waals surface area contributed by atoms with Crippen LogP contribution >= 0.6 is 24.0 Å². The molecular formula is C21H37IN4O3. The summed E-state index contributed by atoms with van der Waals surface area (Å²) in [6.07, 6.45) is 2.14. The molecule has 2 N–H and O–H groups in total. The molecule has 1 aromatic rings. The van der Waals surface area contributed by atoms with Gasteiger partial charge in [-0.05, 0) is 51.4 Å². The molecule has 1 unspecified atom stereocenters. The van der Waals surface area contributed by atoms with E-state index < -0.39 is 0 Å². The topological polar surface area (TPSA) is 67.4 Å². The third-order valence-electron chi connectivity index (χ3n) is 4.60. The van der Waals surface area contributed by atoms with Crippen molar-refractivity contribution in [3.05, 3.63) is 23.8 Å². The molecule has 1 saturated heterocycles. The molecule has 0 amide bonds. The highest BCUT2D eigenvalue weighted by atomic mass is 127. The largest absolute Gasteiger partial charge is 0.493 e. The molecule has 0 aromatic heterocycles. The zero-order chi connectivity index (χ0) is 20.2. The van der Waals surface area contributed by atoms with Crippen LogP contribution in [-0.4, -0.2) is 77.1 Å². The first-order valence-corrected chi connectivity index (χ1v) is 10.3. The van der Waals surface area contributed by atoms with Crippen molar-refractivity contribution in [3.8, 4) is 11.5 Å². The summed E-state index contributed by atoms with van der Waals surface area (Å²) in [6, 6.07) is 6.14. The zero-order valence-electron chi connectivity index (χ0n) is 18.2. The fraction of sp³-hybridized carbons (Fsp3) is 0.667. The number of methoxy groups -OCH3 is 1. The van der Waals surface area contributed by atoms with E-state index in [0.29, 0.717) is 13.2 Å². The molecule has 166 valence electrons. The van der Waals surface area contributed by atoms with Gasteiger partial charge in [0.1, 0.15) is 0 Å². The summed E-state index contributed by atoms with van der Waals surface area (Å²) in [7, 11) is 3.79. The van der Waals surface area contributed by atoms with Crippen LogP contribution in [0, 0.1) is 0 Å². The van der Waals surface area contributed by atoms with Gasteiger partial charge < -0.3 is 29.7 Å². The van der Waals surface area contributed by atoms with Crippen molar-refractivity contribution in [2.75, 3.05) is 60.1 Å². The van der Waals surface area contributed by atoms with Gasteiger partial charge in [-0.15, -0.1) is 24.0 Å². The molecule has 0 spiro atoms. The third kappa shape index (κ3) is 9.39. The molecule has 7 nitrogen and oxygen atoms in total. The Morgan fingerprint density at radius 2 is 2.10 bits per heavy atom. The number of rotatable bonds is 10. The minimum atomic E-state index is 0. The van der Waals surface area contributed by atoms with Crippen molar-refractivity contribution in [2.45, 2.75) is 32.8 Å². The van der Waals surface area contributed by atoms with E-state index >= 15 is 0 Å². The van der Waals surface area contributed by atoms with Gasteiger partial charge in [0, 0.05) is 26.2 Å². The molecule has 1 heterocycles. The maximum absolute atomic E-state index is 5.78. The normalized spacial score (nSPS) is 17.4. The Balaban J connectivity index is 0.00000420. The molecule has 0 aliphatic carbocycles. The second kappa shape index (κ2) is 14.7. The van der Waals surface area contributed by atoms with E-state index in [0.717, 1.165) is 63.1 Å². The summed E-state index contributed by atoms with van der Waals surface area (Å²) >= 11 is 0. The highest BCUT2D eigenvalue weighted by Gasteiger charge is 2.17. The molecule has 8 heteroatoms. The molecule has 2 rings (SSSR count). The number of guanidine groups is 1. The predicted octanol–water partition coefficient (Wildman–Crippen LogP) is 2.53. The number of hydrogen-bond acceptors (Lipinski definition) is 5. The molecule has 0 radical (unpaired) electrons. The Morgan fingerprint density at radius 1 is 1.28 bits per heavy atom. The molecule has 1 aliphatic heterocycles. The Labute approximate surface area is 192 Å². The highest BCUT2D eigenvalue weighted by Crippen LogP contribution is 2.28. The molecule has 1 fully saturated rings. The summed E-state index contributed by atoms with van der Waals surface area (Å²) in [5.41, 5.74) is 1.24. The average molecular weight is 520 g/mol. The maximum atomic E-state index is 5.78. The second-order valence-corrected chi connectivity index (χ2v) is 6.92. The molecule has 0 bridgehead atoms. The molecule has 1 aromatic carbocycles. The molecular weight excluding hydrogens is 483 g/mol. The van der Waals surface area contributed by atoms with E-state index in [1.54, 1.807) is 7.11 Å². The summed E-state index contributed by atoms with van der Waals surface area (Å²) in [5.74, 6) is 2.44. The lowest BCUT2D eigenvalue weighted by Gasteiger charge is -2.29. The number of benzene rings is 1. The van der Waals surface area contributed by atoms with Gasteiger partial charge >= 0.3 is 0 Å². The first-order valence-electron chi connectivity index (χ1n) is 10.3. The number of hydrogen-bond donors (Lipinski definition) is 2. The van der Waals surface area contributed by atoms with Gasteiger partial charge in [0.25, 0.3) is 0 Å². The number of aryl methyl sites for hydroxylation is 1. The van der Waals surface area contributed by atoms with E-state index in [2.05, 4.69) is 46.6 Å². The predicted molar refractivity (Wildman–Crippen MR) is 129 cm³/mol. The summed E-state index contributed by atoms with van der Waals surface area (Å²) < 4.78 is 16.8. The van der Waals surface area contributed by atoms with E-state index in [1.165, 1.54) is 5.56 Å². The average Bonchev–Trinajstić information content (AvgIpc) is 2.70. The number of morpholine rings is 1. The standard InChI is InChI=1S/C21H36N4O3.HI/c1-5-22-21(24-15-18-16-25(3)12-13-28-18)23-11-7-8-17-9-10-19(26-4)20(14-17)27-6-2;/h9-10,14,18H,5-8,11-13,15-16H2,1-4H3,(H2,22,23,24);1H. The van der Waals surface area contributed by atoms with Crippen LogP contribution in [0.15, 0.2) is 23.2 Å². The first-order chi connectivity index (χ1) is 13.7. The fourth-order valence-corrected chi connectivity index (χ4v) is 3.16. The van der Waals surface area contributed by atoms with Gasteiger partial charge in [-0.25, -0.2) is 0 Å². The van der Waals surface area contributed by atoms with Crippen molar-refractivity contribution < 1.29 is 14.2 Å². The number of likely N-dealkylation sites (N-methyl/N-ethyl adjacent to an activating group) is 1. The third-order valence-corrected chi connectivity index (χ3v) is 4.60. The van der Waals surface area contributed by atoms with Crippen LogP contribution in [0.2, 0.25) is 0 Å². The zero-order valence-corrected chi connectivity index (χ0v) is 20.5. The molecule has 0 saturated carbocycles. The number of aliphatic imine (C=N–C) groups is 1. The Bertz CT molecular complexity index is 616. The number of nitrogens with one attached hydrogen (secondary N) is 2. The van der Waals surface area contributed by atoms with Crippen molar-refractivity contribution in [2.24, 2.45) is 4.99 Å². The summed E-state index contributed by atoms with van der Waals surface area (Å²) in [6.45, 7) is 9.77. The van der Waals surface area contributed by atoms with Crippen LogP contribution in [0.4, 0.5) is 0 Å². The summed E-state index contributed by atoms with van der Waals surface area (Å²) in [4.78, 5) is 6.97. The van der Waals surface area contributed by atoms with Crippen LogP contribution in [0.3, 0.4) is 0 Å². The van der Waals surface area contributed by atoms with Crippen LogP contribution in [-0.2, 0) is 11.2 Å². The first kappa shape index (κ1) is 25.8. The Morgan fingerprint density at radius 3 is 2.79 bits per heavy atom. The van der Waals surface area contributed by atoms with Crippen LogP contribution in [0.1, 0.15) is 25.8 Å². The molecule has 29 heavy (non-hydrogen) atoms. The van der Waals surface area contributed by atoms with E-state index in [9.17, 15) is 0 Å². The highest BCUT2D eigenvalue weighted by molar-refractivity contribution is 14.0. The lowest BCUT2D eigenvalue weighted by molar-refractivity contribution is -0.0136. The number of ether oxygens (including phenoxy) is 3. The van der Waals surface area contributed by atoms with Crippen LogP contribution in [0.25, 0.3) is 0 Å². The van der Waals surface area contributed by atoms with Crippen molar-refractivity contribution >= 4 is 29.9 Å². The van der Waals surface area contributed by atoms with Gasteiger partial charge in [-0.2, -0.15) is 0 Å². The van der Waals surface area contributed by atoms with Crippen molar-refractivity contribution in [3.63, 3.8) is 0 Å². The van der Waals surface area contributed by atoms with E-state index in [4.69, 9.17) is 14.2 Å². The quantitative estimate of drug-likeness (QED) is 0.214. The lowest BCUT2D eigenvalue weighted by Crippen LogP contribution is -2.43. The van der Waals surface area contributed by atoms with Gasteiger partial charge in [0.2, 0.25) is 0 Å². The minimum Gasteiger partial charge on any atom is -0.493 e. The van der Waals surface area contributed by atoms with Gasteiger partial charge in [0.05, 0.1) is 33.0 Å². The molecule has 1 aliphatic rings. The van der Waals surface area contributed by atoms with Gasteiger partial charge in [0.15, 0.2) is 17.5 Å². The minimum absolute atomic E-state index is 0. The van der Waals surface area contributed by atoms with E-state index in [1.807, 2.05) is 13.0 Å². The van der Waals surface area contributed by atoms with Crippen molar-refractivity contribution in [1.82, 2.24) is 15.5 Å². The fourth-order valence-electron chi connectivity index (χ4n) is 3.16. The molecule has 1 atom stereocenters. The number of nitrogens with zero attached hydrogens (tertiary/aromatic N) is 2. The summed E-state index contributed by atoms with van der Waals surface area (Å²) in [5, 5.41) is 6.72. The smallest absolute Gasteiger partial charge is 0.191 e.